The number of aryl methyl sites for hydroxylation is 2. The Morgan fingerprint density at radius 1 is 1.07 bits per heavy atom. The van der Waals surface area contributed by atoms with Gasteiger partial charge >= 0.3 is 12.1 Å². The van der Waals surface area contributed by atoms with E-state index < -0.39 is 29.3 Å². The maximum absolute atomic E-state index is 14.5. The molecule has 2 atom stereocenters. The highest BCUT2D eigenvalue weighted by molar-refractivity contribution is 7.23. The van der Waals surface area contributed by atoms with Crippen LogP contribution in [0, 0.1) is 5.92 Å². The highest BCUT2D eigenvalue weighted by Crippen LogP contribution is 2.48. The largest absolute Gasteiger partial charge is 0.462 e. The van der Waals surface area contributed by atoms with Gasteiger partial charge in [0.1, 0.15) is 11.4 Å². The molecule has 1 aliphatic carbocycles. The molecule has 0 saturated carbocycles. The smallest absolute Gasteiger partial charge is 0.410 e. The Labute approximate surface area is 329 Å². The van der Waals surface area contributed by atoms with Crippen LogP contribution in [0.25, 0.3) is 31.9 Å². The Bertz CT molecular complexity index is 2300. The van der Waals surface area contributed by atoms with E-state index in [2.05, 4.69) is 27.6 Å². The molecular weight excluding hydrogens is 733 g/mol. The molecule has 2 saturated heterocycles. The third-order valence-corrected chi connectivity index (χ3v) is 12.0. The lowest BCUT2D eigenvalue weighted by Crippen LogP contribution is -2.37. The van der Waals surface area contributed by atoms with E-state index in [1.54, 1.807) is 18.0 Å². The minimum Gasteiger partial charge on any atom is -0.462 e. The van der Waals surface area contributed by atoms with E-state index in [-0.39, 0.29) is 24.0 Å². The quantitative estimate of drug-likeness (QED) is 0.131. The molecule has 13 nitrogen and oxygen atoms in total. The molecule has 0 spiro atoms. The molecule has 8 rings (SSSR count). The van der Waals surface area contributed by atoms with E-state index in [1.807, 2.05) is 39.1 Å². The first-order chi connectivity index (χ1) is 27.1. The molecule has 1 amide bonds. The number of anilines is 1. The van der Waals surface area contributed by atoms with Gasteiger partial charge in [-0.2, -0.15) is 5.16 Å². The van der Waals surface area contributed by atoms with Crippen LogP contribution in [0.15, 0.2) is 52.0 Å². The van der Waals surface area contributed by atoms with Crippen LogP contribution < -0.4 is 10.9 Å². The van der Waals surface area contributed by atoms with Crippen molar-refractivity contribution in [2.45, 2.75) is 96.7 Å². The summed E-state index contributed by atoms with van der Waals surface area (Å²) >= 11 is 1.50. The fourth-order valence-corrected chi connectivity index (χ4v) is 9.45. The third kappa shape index (κ3) is 7.68. The van der Waals surface area contributed by atoms with Crippen molar-refractivity contribution in [2.75, 3.05) is 31.7 Å². The fraction of sp³-hybridized carbons (Fsp3) is 0.476. The normalized spacial score (nSPS) is 18.7. The average molecular weight is 781 g/mol. The Balaban J connectivity index is 1.34. The number of H-pyrrole nitrogens is 1. The van der Waals surface area contributed by atoms with Crippen LogP contribution in [0.3, 0.4) is 0 Å². The Hall–Kier alpha value is -5.08. The van der Waals surface area contributed by atoms with Crippen molar-refractivity contribution in [3.05, 3.63) is 81.3 Å². The highest BCUT2D eigenvalue weighted by Gasteiger charge is 2.40. The van der Waals surface area contributed by atoms with E-state index in [1.165, 1.54) is 17.4 Å². The number of likely N-dealkylation sites (tertiary alicyclic amines) is 1. The fourth-order valence-electron chi connectivity index (χ4n) is 8.29. The standard InChI is InChI=1S/C42H48N6O7S/c1-5-53-40(50)36-35(32-22-25-14-18-44-39(38(25)56-32)46-28-13-12-27-26(28)8-6-17-43-27)34(31-23-33(49)47-55-31)29(11-10-24-15-20-52-21-16-24)45-37(36)30-9-7-19-48(30)41(51)54-42(2,3)4/h6,8,14,17-18,22-24,28,30H,5,7,9-13,15-16,19-21H2,1-4H3,(H,44,46)(H,47,49). The number of rotatable bonds is 10. The van der Waals surface area contributed by atoms with Crippen LogP contribution in [0.5, 0.6) is 0 Å². The molecule has 2 N–H and O–H groups in total. The van der Waals surface area contributed by atoms with E-state index in [0.29, 0.717) is 67.5 Å². The number of nitrogens with one attached hydrogen (secondary N) is 2. The van der Waals surface area contributed by atoms with Gasteiger partial charge in [0.05, 0.1) is 52.0 Å². The predicted molar refractivity (Wildman–Crippen MR) is 213 cm³/mol. The molecule has 2 aliphatic heterocycles. The first-order valence-electron chi connectivity index (χ1n) is 19.7. The second-order valence-electron chi connectivity index (χ2n) is 15.8. The van der Waals surface area contributed by atoms with Gasteiger partial charge in [0.25, 0.3) is 5.56 Å². The number of hydrogen-bond acceptors (Lipinski definition) is 12. The average Bonchev–Trinajstić information content (AvgIpc) is 4.00. The van der Waals surface area contributed by atoms with E-state index in [0.717, 1.165) is 64.1 Å². The van der Waals surface area contributed by atoms with Crippen LogP contribution in [0.1, 0.15) is 111 Å². The number of nitrogens with zero attached hydrogens (tertiary/aromatic N) is 4. The first-order valence-corrected chi connectivity index (χ1v) is 20.5. The number of thiophene rings is 1. The summed E-state index contributed by atoms with van der Waals surface area (Å²) in [5.41, 5.74) is 3.60. The molecule has 5 aromatic rings. The number of esters is 1. The molecular formula is C42H48N6O7S. The van der Waals surface area contributed by atoms with Crippen molar-refractivity contribution in [1.29, 1.82) is 0 Å². The molecule has 7 heterocycles. The summed E-state index contributed by atoms with van der Waals surface area (Å²) in [5.74, 6) is 0.850. The maximum atomic E-state index is 14.5. The molecule has 2 fully saturated rings. The minimum atomic E-state index is -0.717. The van der Waals surface area contributed by atoms with E-state index in [4.69, 9.17) is 28.7 Å². The van der Waals surface area contributed by atoms with Gasteiger partial charge in [0, 0.05) is 48.3 Å². The number of pyridine rings is 3. The van der Waals surface area contributed by atoms with Crippen LogP contribution in [0.4, 0.5) is 10.6 Å². The molecule has 2 unspecified atom stereocenters. The second kappa shape index (κ2) is 15.8. The van der Waals surface area contributed by atoms with Crippen LogP contribution in [-0.2, 0) is 27.1 Å². The Kier molecular flexibility index (Phi) is 10.7. The zero-order chi connectivity index (χ0) is 39.0. The van der Waals surface area contributed by atoms with Crippen LogP contribution >= 0.6 is 11.3 Å². The molecule has 0 bridgehead atoms. The number of carbonyl (C=O) groups excluding carboxylic acids is 2. The second-order valence-corrected chi connectivity index (χ2v) is 16.8. The van der Waals surface area contributed by atoms with Gasteiger partial charge in [0.15, 0.2) is 5.76 Å². The summed E-state index contributed by atoms with van der Waals surface area (Å²) in [5, 5.41) is 7.10. The van der Waals surface area contributed by atoms with Crippen molar-refractivity contribution in [1.82, 2.24) is 25.0 Å². The lowest BCUT2D eigenvalue weighted by Gasteiger charge is -2.30. The summed E-state index contributed by atoms with van der Waals surface area (Å²) in [6.07, 6.45) is 9.45. The third-order valence-electron chi connectivity index (χ3n) is 10.8. The van der Waals surface area contributed by atoms with Gasteiger partial charge in [-0.05, 0) is 114 Å². The number of aromatic amines is 1. The van der Waals surface area contributed by atoms with Crippen LogP contribution in [0.2, 0.25) is 0 Å². The van der Waals surface area contributed by atoms with Crippen molar-refractivity contribution < 1.29 is 28.3 Å². The minimum absolute atomic E-state index is 0.0488. The van der Waals surface area contributed by atoms with Gasteiger partial charge in [0.2, 0.25) is 0 Å². The molecule has 56 heavy (non-hydrogen) atoms. The lowest BCUT2D eigenvalue weighted by atomic mass is 9.88. The SMILES string of the molecule is CCOC(=O)c1c(C2CCCN2C(=O)OC(C)(C)C)nc(CCC2CCOCC2)c(-c2cc(=O)[nH]o2)c1-c1cc2ccnc(NC3CCc4ncccc43)c2s1. The Morgan fingerprint density at radius 3 is 2.68 bits per heavy atom. The summed E-state index contributed by atoms with van der Waals surface area (Å²) < 4.78 is 24.2. The summed E-state index contributed by atoms with van der Waals surface area (Å²) in [6.45, 7) is 9.27. The van der Waals surface area contributed by atoms with Gasteiger partial charge in [-0.1, -0.05) is 6.07 Å². The van der Waals surface area contributed by atoms with E-state index >= 15 is 0 Å². The topological polar surface area (TPSA) is 162 Å². The van der Waals surface area contributed by atoms with Crippen LogP contribution in [-0.4, -0.2) is 69.0 Å². The monoisotopic (exact) mass is 780 g/mol. The first kappa shape index (κ1) is 37.8. The number of fused-ring (bicyclic) bond motifs is 2. The summed E-state index contributed by atoms with van der Waals surface area (Å²) in [7, 11) is 0. The maximum Gasteiger partial charge on any atom is 0.410 e. The Morgan fingerprint density at radius 2 is 1.91 bits per heavy atom. The molecule has 14 heteroatoms. The molecule has 294 valence electrons. The van der Waals surface area contributed by atoms with E-state index in [9.17, 15) is 14.4 Å². The zero-order valence-electron chi connectivity index (χ0n) is 32.3. The molecule has 0 radical (unpaired) electrons. The number of aromatic nitrogens is 4. The van der Waals surface area contributed by atoms with Crippen molar-refractivity contribution in [3.8, 4) is 21.8 Å². The summed E-state index contributed by atoms with van der Waals surface area (Å²) in [4.78, 5) is 58.2. The number of ether oxygens (including phenoxy) is 3. The van der Waals surface area contributed by atoms with Gasteiger partial charge in [-0.3, -0.25) is 19.7 Å². The number of carbonyl (C=O) groups is 2. The predicted octanol–water partition coefficient (Wildman–Crippen LogP) is 8.41. The van der Waals surface area contributed by atoms with Crippen molar-refractivity contribution >= 4 is 39.3 Å². The van der Waals surface area contributed by atoms with Crippen molar-refractivity contribution in [2.24, 2.45) is 5.92 Å². The lowest BCUT2D eigenvalue weighted by molar-refractivity contribution is 0.0217. The highest BCUT2D eigenvalue weighted by atomic mass is 32.1. The van der Waals surface area contributed by atoms with Gasteiger partial charge in [-0.25, -0.2) is 14.6 Å². The zero-order valence-corrected chi connectivity index (χ0v) is 33.1. The molecule has 5 aromatic heterocycles. The summed E-state index contributed by atoms with van der Waals surface area (Å²) in [6, 6.07) is 8.98. The number of amides is 1. The number of hydrogen-bond donors (Lipinski definition) is 2. The van der Waals surface area contributed by atoms with Crippen molar-refractivity contribution in [3.63, 3.8) is 0 Å². The molecule has 3 aliphatic rings. The molecule has 0 aromatic carbocycles. The van der Waals surface area contributed by atoms with Gasteiger partial charge < -0.3 is 24.1 Å². The van der Waals surface area contributed by atoms with Gasteiger partial charge in [-0.15, -0.1) is 11.3 Å².